The normalized spacial score (nSPS) is 30.9. The van der Waals surface area contributed by atoms with Gasteiger partial charge in [0.1, 0.15) is 18.4 Å². The fraction of sp³-hybridized carbons (Fsp3) is 0.652. The van der Waals surface area contributed by atoms with Crippen LogP contribution in [0.4, 0.5) is 5.69 Å². The maximum absolute atomic E-state index is 12.4. The second-order valence-electron chi connectivity index (χ2n) is 9.14. The Kier molecular flexibility index (Phi) is 4.98. The third kappa shape index (κ3) is 3.41. The number of para-hydroxylation sites is 1. The summed E-state index contributed by atoms with van der Waals surface area (Å²) in [4.78, 5) is 28.8. The van der Waals surface area contributed by atoms with Gasteiger partial charge in [0, 0.05) is 12.5 Å². The molecule has 1 N–H and O–H groups in total. The molecule has 6 nitrogen and oxygen atoms in total. The van der Waals surface area contributed by atoms with Crippen LogP contribution in [0.5, 0.6) is 5.75 Å². The number of rotatable bonds is 3. The fourth-order valence-electron chi connectivity index (χ4n) is 5.65. The highest BCUT2D eigenvalue weighted by molar-refractivity contribution is 6.01. The van der Waals surface area contributed by atoms with Crippen LogP contribution < -0.4 is 15.0 Å². The Morgan fingerprint density at radius 3 is 2.55 bits per heavy atom. The first-order chi connectivity index (χ1) is 14.1. The number of nitrogens with one attached hydrogen (secondary N) is 1. The van der Waals surface area contributed by atoms with E-state index in [4.69, 9.17) is 4.74 Å². The minimum atomic E-state index is -0.285. The van der Waals surface area contributed by atoms with Crippen molar-refractivity contribution in [3.63, 3.8) is 0 Å². The summed E-state index contributed by atoms with van der Waals surface area (Å²) in [5.74, 6) is 1.97. The number of hydrogen-bond acceptors (Lipinski definition) is 5. The zero-order valence-corrected chi connectivity index (χ0v) is 17.2. The monoisotopic (exact) mass is 397 g/mol. The lowest BCUT2D eigenvalue weighted by Gasteiger charge is -2.46. The van der Waals surface area contributed by atoms with Gasteiger partial charge < -0.3 is 14.5 Å². The smallest absolute Gasteiger partial charge is 0.249 e. The van der Waals surface area contributed by atoms with Crippen molar-refractivity contribution >= 4 is 17.5 Å². The molecule has 0 aromatic heterocycles. The standard InChI is InChI=1S/C23H31N3O3/c1-15-5-6-18(15)25-11-9-16(10-12-25)17-3-2-4-19-22(17)29-14-13-26(19)20-7-8-21(27)24-23(20)28/h2-4,15-16,18,20H,5-14H2,1H3,(H,24,27,28). The van der Waals surface area contributed by atoms with E-state index in [1.165, 1.54) is 44.3 Å². The number of carbonyl (C=O) groups is 2. The summed E-state index contributed by atoms with van der Waals surface area (Å²) in [6, 6.07) is 6.88. The summed E-state index contributed by atoms with van der Waals surface area (Å²) < 4.78 is 6.16. The Balaban J connectivity index is 1.34. The van der Waals surface area contributed by atoms with E-state index in [9.17, 15) is 9.59 Å². The minimum absolute atomic E-state index is 0.166. The van der Waals surface area contributed by atoms with Gasteiger partial charge in [-0.15, -0.1) is 0 Å². The molecule has 2 amide bonds. The lowest BCUT2D eigenvalue weighted by atomic mass is 9.78. The minimum Gasteiger partial charge on any atom is -0.489 e. The highest BCUT2D eigenvalue weighted by Gasteiger charge is 2.37. The number of hydrogen-bond donors (Lipinski definition) is 1. The summed E-state index contributed by atoms with van der Waals surface area (Å²) in [6.07, 6.45) is 6.05. The highest BCUT2D eigenvalue weighted by Crippen LogP contribution is 2.44. The van der Waals surface area contributed by atoms with Crippen molar-refractivity contribution in [3.05, 3.63) is 23.8 Å². The number of fused-ring (bicyclic) bond motifs is 1. The topological polar surface area (TPSA) is 61.9 Å². The van der Waals surface area contributed by atoms with E-state index in [0.29, 0.717) is 31.9 Å². The predicted octanol–water partition coefficient (Wildman–Crippen LogP) is 2.67. The fourth-order valence-corrected chi connectivity index (χ4v) is 5.65. The lowest BCUT2D eigenvalue weighted by Crippen LogP contribution is -2.54. The molecule has 3 unspecified atom stereocenters. The lowest BCUT2D eigenvalue weighted by molar-refractivity contribution is -0.134. The van der Waals surface area contributed by atoms with Crippen LogP contribution in [0, 0.1) is 5.92 Å². The van der Waals surface area contributed by atoms with Gasteiger partial charge in [-0.1, -0.05) is 19.1 Å². The van der Waals surface area contributed by atoms with Crippen molar-refractivity contribution in [2.75, 3.05) is 31.1 Å². The van der Waals surface area contributed by atoms with Crippen molar-refractivity contribution in [1.82, 2.24) is 10.2 Å². The van der Waals surface area contributed by atoms with Gasteiger partial charge in [-0.25, -0.2) is 0 Å². The van der Waals surface area contributed by atoms with Gasteiger partial charge in [-0.3, -0.25) is 14.9 Å². The molecule has 1 aromatic carbocycles. The van der Waals surface area contributed by atoms with E-state index in [1.807, 2.05) is 0 Å². The van der Waals surface area contributed by atoms with E-state index in [2.05, 4.69) is 40.2 Å². The average Bonchev–Trinajstić information content (AvgIpc) is 2.73. The average molecular weight is 398 g/mol. The molecular weight excluding hydrogens is 366 g/mol. The molecule has 3 fully saturated rings. The number of carbonyl (C=O) groups excluding carboxylic acids is 2. The Hall–Kier alpha value is -2.08. The van der Waals surface area contributed by atoms with Gasteiger partial charge in [-0.05, 0) is 68.7 Å². The van der Waals surface area contributed by atoms with Crippen molar-refractivity contribution in [2.24, 2.45) is 5.92 Å². The van der Waals surface area contributed by atoms with Gasteiger partial charge in [0.2, 0.25) is 11.8 Å². The number of benzene rings is 1. The Morgan fingerprint density at radius 2 is 1.86 bits per heavy atom. The molecule has 3 aliphatic heterocycles. The zero-order chi connectivity index (χ0) is 20.0. The second-order valence-corrected chi connectivity index (χ2v) is 9.14. The molecule has 1 aliphatic carbocycles. The molecule has 2 saturated heterocycles. The number of piperidine rings is 2. The van der Waals surface area contributed by atoms with Gasteiger partial charge >= 0.3 is 0 Å². The second kappa shape index (κ2) is 7.63. The maximum atomic E-state index is 12.4. The Bertz CT molecular complexity index is 803. The first kappa shape index (κ1) is 18.9. The maximum Gasteiger partial charge on any atom is 0.249 e. The van der Waals surface area contributed by atoms with E-state index in [-0.39, 0.29) is 17.9 Å². The van der Waals surface area contributed by atoms with Crippen LogP contribution in [0.2, 0.25) is 0 Å². The van der Waals surface area contributed by atoms with Gasteiger partial charge in [0.05, 0.1) is 12.2 Å². The first-order valence-electron chi connectivity index (χ1n) is 11.2. The van der Waals surface area contributed by atoms with Crippen LogP contribution in [-0.2, 0) is 9.59 Å². The zero-order valence-electron chi connectivity index (χ0n) is 17.2. The molecule has 1 saturated carbocycles. The van der Waals surface area contributed by atoms with Crippen molar-refractivity contribution in [1.29, 1.82) is 0 Å². The molecule has 3 heterocycles. The SMILES string of the molecule is CC1CCC1N1CCC(c2cccc3c2OCCN3C2CCC(=O)NC2=O)CC1. The molecular formula is C23H31N3O3. The highest BCUT2D eigenvalue weighted by atomic mass is 16.5. The van der Waals surface area contributed by atoms with Gasteiger partial charge in [-0.2, -0.15) is 0 Å². The molecule has 4 aliphatic rings. The molecule has 5 rings (SSSR count). The van der Waals surface area contributed by atoms with E-state index < -0.39 is 0 Å². The molecule has 0 bridgehead atoms. The van der Waals surface area contributed by atoms with Crippen LogP contribution in [-0.4, -0.2) is 55.0 Å². The Morgan fingerprint density at radius 1 is 1.03 bits per heavy atom. The molecule has 0 spiro atoms. The summed E-state index contributed by atoms with van der Waals surface area (Å²) >= 11 is 0. The number of ether oxygens (including phenoxy) is 1. The molecule has 0 radical (unpaired) electrons. The summed E-state index contributed by atoms with van der Waals surface area (Å²) in [5, 5.41) is 2.50. The van der Waals surface area contributed by atoms with Crippen molar-refractivity contribution in [3.8, 4) is 5.75 Å². The number of likely N-dealkylation sites (tertiary alicyclic amines) is 1. The summed E-state index contributed by atoms with van der Waals surface area (Å²) in [6.45, 7) is 5.98. The number of nitrogens with zero attached hydrogens (tertiary/aromatic N) is 2. The quantitative estimate of drug-likeness (QED) is 0.795. The molecule has 6 heteroatoms. The van der Waals surface area contributed by atoms with Crippen LogP contribution in [0.3, 0.4) is 0 Å². The van der Waals surface area contributed by atoms with E-state index >= 15 is 0 Å². The summed E-state index contributed by atoms with van der Waals surface area (Å²) in [5.41, 5.74) is 2.30. The Labute approximate surface area is 172 Å². The van der Waals surface area contributed by atoms with Gasteiger partial charge in [0.25, 0.3) is 0 Å². The van der Waals surface area contributed by atoms with Crippen LogP contribution in [0.1, 0.15) is 56.9 Å². The third-order valence-corrected chi connectivity index (χ3v) is 7.51. The largest absolute Gasteiger partial charge is 0.489 e. The summed E-state index contributed by atoms with van der Waals surface area (Å²) in [7, 11) is 0. The van der Waals surface area contributed by atoms with Crippen molar-refractivity contribution in [2.45, 2.75) is 63.5 Å². The van der Waals surface area contributed by atoms with Gasteiger partial charge in [0.15, 0.2) is 0 Å². The van der Waals surface area contributed by atoms with Crippen LogP contribution in [0.15, 0.2) is 18.2 Å². The van der Waals surface area contributed by atoms with Crippen LogP contribution in [0.25, 0.3) is 0 Å². The van der Waals surface area contributed by atoms with E-state index in [1.54, 1.807) is 0 Å². The molecule has 156 valence electrons. The molecule has 3 atom stereocenters. The molecule has 1 aromatic rings. The van der Waals surface area contributed by atoms with Crippen LogP contribution >= 0.6 is 0 Å². The molecule has 29 heavy (non-hydrogen) atoms. The predicted molar refractivity (Wildman–Crippen MR) is 111 cm³/mol. The third-order valence-electron chi connectivity index (χ3n) is 7.51. The van der Waals surface area contributed by atoms with Crippen molar-refractivity contribution < 1.29 is 14.3 Å². The number of anilines is 1. The number of imide groups is 1. The number of amides is 2. The van der Waals surface area contributed by atoms with E-state index in [0.717, 1.165) is 23.4 Å². The first-order valence-corrected chi connectivity index (χ1v) is 11.2.